The van der Waals surface area contributed by atoms with Gasteiger partial charge in [0.25, 0.3) is 5.91 Å². The number of imidazole rings is 1. The van der Waals surface area contributed by atoms with Crippen LogP contribution >= 0.6 is 11.6 Å². The number of benzene rings is 2. The van der Waals surface area contributed by atoms with Gasteiger partial charge in [-0.25, -0.2) is 9.37 Å². The first-order valence-electron chi connectivity index (χ1n) is 10.6. The van der Waals surface area contributed by atoms with Crippen LogP contribution < -0.4 is 9.64 Å². The molecule has 0 aliphatic carbocycles. The summed E-state index contributed by atoms with van der Waals surface area (Å²) >= 11 is 5.93. The molecule has 0 spiro atoms. The summed E-state index contributed by atoms with van der Waals surface area (Å²) in [5.41, 5.74) is 3.75. The van der Waals surface area contributed by atoms with Crippen molar-refractivity contribution in [3.63, 3.8) is 0 Å². The number of aromatic nitrogens is 2. The highest BCUT2D eigenvalue weighted by atomic mass is 35.5. The van der Waals surface area contributed by atoms with Crippen LogP contribution in [0.5, 0.6) is 5.75 Å². The van der Waals surface area contributed by atoms with Gasteiger partial charge >= 0.3 is 0 Å². The number of pyridine rings is 1. The van der Waals surface area contributed by atoms with Crippen LogP contribution in [-0.4, -0.2) is 53.5 Å². The van der Waals surface area contributed by atoms with Crippen LogP contribution in [0, 0.1) is 5.82 Å². The molecule has 1 saturated heterocycles. The van der Waals surface area contributed by atoms with Crippen molar-refractivity contribution in [2.45, 2.75) is 0 Å². The van der Waals surface area contributed by atoms with Crippen LogP contribution in [0.15, 0.2) is 67.0 Å². The Kier molecular flexibility index (Phi) is 5.64. The Labute approximate surface area is 195 Å². The van der Waals surface area contributed by atoms with Crippen molar-refractivity contribution in [3.8, 4) is 16.9 Å². The van der Waals surface area contributed by atoms with E-state index in [2.05, 4.69) is 9.88 Å². The summed E-state index contributed by atoms with van der Waals surface area (Å²) < 4.78 is 20.8. The number of amides is 1. The average molecular weight is 465 g/mol. The minimum Gasteiger partial charge on any atom is -0.495 e. The van der Waals surface area contributed by atoms with E-state index in [0.717, 1.165) is 35.7 Å². The zero-order valence-corrected chi connectivity index (χ0v) is 18.8. The molecule has 4 aromatic rings. The van der Waals surface area contributed by atoms with Crippen molar-refractivity contribution in [1.29, 1.82) is 0 Å². The Hall–Kier alpha value is -3.58. The van der Waals surface area contributed by atoms with Crippen LogP contribution in [0.2, 0.25) is 5.02 Å². The Bertz CT molecular complexity index is 1330. The van der Waals surface area contributed by atoms with Crippen LogP contribution in [0.25, 0.3) is 16.8 Å². The van der Waals surface area contributed by atoms with E-state index in [1.165, 1.54) is 6.07 Å². The van der Waals surface area contributed by atoms with Gasteiger partial charge in [-0.2, -0.15) is 0 Å². The lowest BCUT2D eigenvalue weighted by Crippen LogP contribution is -2.49. The van der Waals surface area contributed by atoms with Crippen molar-refractivity contribution in [2.75, 3.05) is 38.2 Å². The second-order valence-electron chi connectivity index (χ2n) is 7.89. The third-order valence-corrected chi connectivity index (χ3v) is 6.21. The SMILES string of the molecule is COc1ccccc1N1CCN(C(=O)c2cn3cc(-c4ccc(F)c(Cl)c4)ccc3n2)CC1. The van der Waals surface area contributed by atoms with Crippen LogP contribution in [0.3, 0.4) is 0 Å². The van der Waals surface area contributed by atoms with E-state index in [1.807, 2.05) is 51.9 Å². The number of methoxy groups -OCH3 is 1. The van der Waals surface area contributed by atoms with Gasteiger partial charge in [0.15, 0.2) is 0 Å². The maximum Gasteiger partial charge on any atom is 0.274 e. The van der Waals surface area contributed by atoms with E-state index in [0.29, 0.717) is 24.4 Å². The smallest absolute Gasteiger partial charge is 0.274 e. The zero-order chi connectivity index (χ0) is 22.9. The van der Waals surface area contributed by atoms with Gasteiger partial charge in [-0.15, -0.1) is 0 Å². The molecule has 8 heteroatoms. The number of rotatable bonds is 4. The molecule has 3 heterocycles. The number of anilines is 1. The highest BCUT2D eigenvalue weighted by Gasteiger charge is 2.25. The molecule has 2 aromatic heterocycles. The van der Waals surface area contributed by atoms with E-state index in [4.69, 9.17) is 16.3 Å². The molecule has 2 aromatic carbocycles. The van der Waals surface area contributed by atoms with Gasteiger partial charge in [-0.05, 0) is 47.5 Å². The normalized spacial score (nSPS) is 14.0. The second-order valence-corrected chi connectivity index (χ2v) is 8.30. The lowest BCUT2D eigenvalue weighted by molar-refractivity contribution is 0.0741. The van der Waals surface area contributed by atoms with E-state index in [1.54, 1.807) is 25.4 Å². The zero-order valence-electron chi connectivity index (χ0n) is 18.0. The Balaban J connectivity index is 1.32. The van der Waals surface area contributed by atoms with Crippen molar-refractivity contribution in [3.05, 3.63) is 83.5 Å². The maximum atomic E-state index is 13.5. The number of piperazine rings is 1. The number of nitrogens with zero attached hydrogens (tertiary/aromatic N) is 4. The van der Waals surface area contributed by atoms with Gasteiger partial charge in [-0.3, -0.25) is 4.79 Å². The topological polar surface area (TPSA) is 50.1 Å². The van der Waals surface area contributed by atoms with Crippen molar-refractivity contribution >= 4 is 28.8 Å². The second kappa shape index (κ2) is 8.75. The van der Waals surface area contributed by atoms with E-state index >= 15 is 0 Å². The number of hydrogen-bond acceptors (Lipinski definition) is 4. The third kappa shape index (κ3) is 4.12. The summed E-state index contributed by atoms with van der Waals surface area (Å²) in [7, 11) is 1.66. The summed E-state index contributed by atoms with van der Waals surface area (Å²) in [6, 6.07) is 16.2. The molecule has 1 aliphatic rings. The number of carbonyl (C=O) groups is 1. The molecular weight excluding hydrogens is 443 g/mol. The molecule has 0 bridgehead atoms. The fraction of sp³-hybridized carbons (Fsp3) is 0.200. The Morgan fingerprint density at radius 3 is 2.52 bits per heavy atom. The van der Waals surface area contributed by atoms with Crippen molar-refractivity contribution in [1.82, 2.24) is 14.3 Å². The third-order valence-electron chi connectivity index (χ3n) is 5.92. The molecule has 6 nitrogen and oxygen atoms in total. The average Bonchev–Trinajstić information content (AvgIpc) is 3.29. The number of carbonyl (C=O) groups excluding carboxylic acids is 1. The quantitative estimate of drug-likeness (QED) is 0.437. The van der Waals surface area contributed by atoms with Gasteiger partial charge in [0.05, 0.1) is 17.8 Å². The summed E-state index contributed by atoms with van der Waals surface area (Å²) in [4.78, 5) is 21.7. The maximum absolute atomic E-state index is 13.5. The predicted molar refractivity (Wildman–Crippen MR) is 127 cm³/mol. The van der Waals surface area contributed by atoms with E-state index in [-0.39, 0.29) is 10.9 Å². The standard InChI is InChI=1S/C25H22ClFN4O2/c1-33-23-5-3-2-4-22(23)29-10-12-30(13-11-29)25(32)21-16-31-15-18(7-9-24(31)28-21)17-6-8-20(27)19(26)14-17/h2-9,14-16H,10-13H2,1H3. The fourth-order valence-corrected chi connectivity index (χ4v) is 4.33. The molecule has 0 N–H and O–H groups in total. The van der Waals surface area contributed by atoms with Crippen molar-refractivity contribution in [2.24, 2.45) is 0 Å². The molecule has 0 saturated carbocycles. The number of para-hydroxylation sites is 2. The largest absolute Gasteiger partial charge is 0.495 e. The van der Waals surface area contributed by atoms with Crippen LogP contribution in [0.4, 0.5) is 10.1 Å². The number of ether oxygens (including phenoxy) is 1. The summed E-state index contributed by atoms with van der Waals surface area (Å²) in [5, 5.41) is 0.0707. The Morgan fingerprint density at radius 1 is 1.00 bits per heavy atom. The molecule has 0 unspecified atom stereocenters. The molecular formula is C25H22ClFN4O2. The molecule has 1 amide bonds. The lowest BCUT2D eigenvalue weighted by Gasteiger charge is -2.36. The number of fused-ring (bicyclic) bond motifs is 1. The predicted octanol–water partition coefficient (Wildman–Crippen LogP) is 4.76. The van der Waals surface area contributed by atoms with Crippen molar-refractivity contribution < 1.29 is 13.9 Å². The minimum atomic E-state index is -0.456. The molecule has 1 aliphatic heterocycles. The molecule has 5 rings (SSSR count). The molecule has 0 atom stereocenters. The van der Waals surface area contributed by atoms with Gasteiger partial charge in [0.2, 0.25) is 0 Å². The molecule has 0 radical (unpaired) electrons. The monoisotopic (exact) mass is 464 g/mol. The summed E-state index contributed by atoms with van der Waals surface area (Å²) in [6.45, 7) is 2.64. The first kappa shape index (κ1) is 21.3. The first-order valence-corrected chi connectivity index (χ1v) is 11.0. The highest BCUT2D eigenvalue weighted by molar-refractivity contribution is 6.31. The fourth-order valence-electron chi connectivity index (χ4n) is 4.14. The summed E-state index contributed by atoms with van der Waals surface area (Å²) in [5.74, 6) is 0.281. The Morgan fingerprint density at radius 2 is 1.76 bits per heavy atom. The summed E-state index contributed by atoms with van der Waals surface area (Å²) in [6.07, 6.45) is 3.60. The molecule has 33 heavy (non-hydrogen) atoms. The highest BCUT2D eigenvalue weighted by Crippen LogP contribution is 2.29. The molecule has 168 valence electrons. The van der Waals surface area contributed by atoms with E-state index < -0.39 is 5.82 Å². The minimum absolute atomic E-state index is 0.0707. The van der Waals surface area contributed by atoms with Crippen LogP contribution in [-0.2, 0) is 0 Å². The first-order chi connectivity index (χ1) is 16.0. The lowest BCUT2D eigenvalue weighted by atomic mass is 10.1. The number of halogens is 2. The van der Waals surface area contributed by atoms with Gasteiger partial charge < -0.3 is 18.9 Å². The van der Waals surface area contributed by atoms with Crippen LogP contribution in [0.1, 0.15) is 10.5 Å². The van der Waals surface area contributed by atoms with Gasteiger partial charge in [0, 0.05) is 38.6 Å². The number of hydrogen-bond donors (Lipinski definition) is 0. The van der Waals surface area contributed by atoms with Gasteiger partial charge in [-0.1, -0.05) is 29.8 Å². The molecule has 1 fully saturated rings. The van der Waals surface area contributed by atoms with E-state index in [9.17, 15) is 9.18 Å². The van der Waals surface area contributed by atoms with Gasteiger partial charge in [0.1, 0.15) is 22.9 Å².